The van der Waals surface area contributed by atoms with Crippen LogP contribution in [0, 0.1) is 5.82 Å². The first-order valence-corrected chi connectivity index (χ1v) is 7.35. The van der Waals surface area contributed by atoms with Gasteiger partial charge in [0.25, 0.3) is 0 Å². The third-order valence-electron chi connectivity index (χ3n) is 4.00. The maximum Gasteiger partial charge on any atom is 0.337 e. The summed E-state index contributed by atoms with van der Waals surface area (Å²) in [6.07, 6.45) is 0.689. The molecule has 0 saturated carbocycles. The normalized spacial score (nSPS) is 12.9. The molecule has 4 nitrogen and oxygen atoms in total. The van der Waals surface area contributed by atoms with Crippen LogP contribution in [0.15, 0.2) is 42.5 Å². The van der Waals surface area contributed by atoms with Crippen molar-refractivity contribution >= 4 is 17.6 Å². The fraction of sp³-hybridized carbons (Fsp3) is 0.222. The van der Waals surface area contributed by atoms with Gasteiger partial charge in [-0.15, -0.1) is 0 Å². The molecule has 3 rings (SSSR count). The summed E-state index contributed by atoms with van der Waals surface area (Å²) in [4.78, 5) is 25.7. The minimum absolute atomic E-state index is 0.0187. The fourth-order valence-corrected chi connectivity index (χ4v) is 2.81. The van der Waals surface area contributed by atoms with E-state index in [1.54, 1.807) is 41.3 Å². The van der Waals surface area contributed by atoms with Crippen LogP contribution in [-0.2, 0) is 22.4 Å². The summed E-state index contributed by atoms with van der Waals surface area (Å²) < 4.78 is 18.4. The predicted octanol–water partition coefficient (Wildman–Crippen LogP) is 2.74. The number of carbonyl (C=O) groups excluding carboxylic acids is 2. The standard InChI is InChI=1S/C18H16FNO3/c1-23-18(22)14-6-7-16-13(10-14)8-9-20(16)17(21)11-12-4-2-3-5-15(12)19/h2-7,10H,8-9,11H2,1H3. The van der Waals surface area contributed by atoms with Crippen LogP contribution in [-0.4, -0.2) is 25.5 Å². The molecule has 118 valence electrons. The van der Waals surface area contributed by atoms with Crippen molar-refractivity contribution in [3.05, 3.63) is 65.0 Å². The number of hydrogen-bond donors (Lipinski definition) is 0. The SMILES string of the molecule is COC(=O)c1ccc2c(c1)CCN2C(=O)Cc1ccccc1F. The molecule has 1 aliphatic rings. The maximum atomic E-state index is 13.7. The van der Waals surface area contributed by atoms with E-state index in [1.165, 1.54) is 13.2 Å². The average molecular weight is 313 g/mol. The average Bonchev–Trinajstić information content (AvgIpc) is 2.99. The Hall–Kier alpha value is -2.69. The van der Waals surface area contributed by atoms with Gasteiger partial charge in [-0.3, -0.25) is 4.79 Å². The zero-order valence-corrected chi connectivity index (χ0v) is 12.7. The number of halogens is 1. The lowest BCUT2D eigenvalue weighted by Crippen LogP contribution is -2.30. The molecule has 5 heteroatoms. The number of esters is 1. The van der Waals surface area contributed by atoms with Crippen LogP contribution in [0.3, 0.4) is 0 Å². The molecule has 0 aromatic heterocycles. The number of anilines is 1. The van der Waals surface area contributed by atoms with Gasteiger partial charge in [0.1, 0.15) is 5.82 Å². The monoisotopic (exact) mass is 313 g/mol. The van der Waals surface area contributed by atoms with E-state index < -0.39 is 5.97 Å². The third kappa shape index (κ3) is 2.95. The van der Waals surface area contributed by atoms with Gasteiger partial charge >= 0.3 is 5.97 Å². The van der Waals surface area contributed by atoms with E-state index in [1.807, 2.05) is 0 Å². The van der Waals surface area contributed by atoms with Gasteiger partial charge in [0.05, 0.1) is 19.1 Å². The Balaban J connectivity index is 1.81. The van der Waals surface area contributed by atoms with Gasteiger partial charge in [-0.05, 0) is 41.8 Å². The van der Waals surface area contributed by atoms with Crippen molar-refractivity contribution in [3.8, 4) is 0 Å². The highest BCUT2D eigenvalue weighted by Crippen LogP contribution is 2.29. The number of methoxy groups -OCH3 is 1. The zero-order chi connectivity index (χ0) is 16.4. The van der Waals surface area contributed by atoms with E-state index >= 15 is 0 Å². The molecule has 0 radical (unpaired) electrons. The van der Waals surface area contributed by atoms with Crippen LogP contribution in [0.5, 0.6) is 0 Å². The van der Waals surface area contributed by atoms with Gasteiger partial charge < -0.3 is 9.64 Å². The number of hydrogen-bond acceptors (Lipinski definition) is 3. The van der Waals surface area contributed by atoms with Gasteiger partial charge in [-0.2, -0.15) is 0 Å². The summed E-state index contributed by atoms with van der Waals surface area (Å²) in [5, 5.41) is 0. The summed E-state index contributed by atoms with van der Waals surface area (Å²) in [7, 11) is 1.33. The molecule has 0 N–H and O–H groups in total. The number of rotatable bonds is 3. The molecule has 0 unspecified atom stereocenters. The van der Waals surface area contributed by atoms with E-state index in [-0.39, 0.29) is 18.1 Å². The lowest BCUT2D eigenvalue weighted by atomic mass is 10.1. The summed E-state index contributed by atoms with van der Waals surface area (Å²) in [6.45, 7) is 0.535. The van der Waals surface area contributed by atoms with Crippen molar-refractivity contribution in [2.45, 2.75) is 12.8 Å². The number of nitrogens with zero attached hydrogens (tertiary/aromatic N) is 1. The number of amides is 1. The first kappa shape index (κ1) is 15.2. The first-order valence-electron chi connectivity index (χ1n) is 7.35. The van der Waals surface area contributed by atoms with Crippen molar-refractivity contribution in [1.82, 2.24) is 0 Å². The van der Waals surface area contributed by atoms with Crippen molar-refractivity contribution in [2.75, 3.05) is 18.6 Å². The van der Waals surface area contributed by atoms with Gasteiger partial charge in [0.2, 0.25) is 5.91 Å². The van der Waals surface area contributed by atoms with Crippen molar-refractivity contribution in [1.29, 1.82) is 0 Å². The van der Waals surface area contributed by atoms with Crippen molar-refractivity contribution in [2.24, 2.45) is 0 Å². The van der Waals surface area contributed by atoms with E-state index in [9.17, 15) is 14.0 Å². The summed E-state index contributed by atoms with van der Waals surface area (Å²) in [5.74, 6) is -0.926. The van der Waals surface area contributed by atoms with Gasteiger partial charge in [0.15, 0.2) is 0 Å². The van der Waals surface area contributed by atoms with Gasteiger partial charge in [0, 0.05) is 12.2 Å². The second-order valence-corrected chi connectivity index (χ2v) is 5.40. The lowest BCUT2D eigenvalue weighted by molar-refractivity contribution is -0.117. The molecule has 0 fully saturated rings. The van der Waals surface area contributed by atoms with Crippen LogP contribution in [0.2, 0.25) is 0 Å². The van der Waals surface area contributed by atoms with Crippen LogP contribution < -0.4 is 4.90 Å². The Kier molecular flexibility index (Phi) is 4.10. The molecule has 0 atom stereocenters. The molecule has 1 aliphatic heterocycles. The highest BCUT2D eigenvalue weighted by Gasteiger charge is 2.26. The quantitative estimate of drug-likeness (QED) is 0.819. The highest BCUT2D eigenvalue weighted by atomic mass is 19.1. The molecule has 23 heavy (non-hydrogen) atoms. The van der Waals surface area contributed by atoms with Gasteiger partial charge in [-0.1, -0.05) is 18.2 Å². The van der Waals surface area contributed by atoms with Crippen LogP contribution in [0.4, 0.5) is 10.1 Å². The molecule has 2 aromatic rings. The number of fused-ring (bicyclic) bond motifs is 1. The molecule has 0 aliphatic carbocycles. The molecule has 1 heterocycles. The van der Waals surface area contributed by atoms with Crippen molar-refractivity contribution in [3.63, 3.8) is 0 Å². The molecular formula is C18H16FNO3. The third-order valence-corrected chi connectivity index (χ3v) is 4.00. The van der Waals surface area contributed by atoms with E-state index in [2.05, 4.69) is 0 Å². The minimum atomic E-state index is -0.399. The highest BCUT2D eigenvalue weighted by molar-refractivity contribution is 5.98. The maximum absolute atomic E-state index is 13.7. The van der Waals surface area contributed by atoms with E-state index in [0.717, 1.165) is 11.3 Å². The smallest absolute Gasteiger partial charge is 0.337 e. The summed E-state index contributed by atoms with van der Waals surface area (Å²) in [6, 6.07) is 11.4. The number of benzene rings is 2. The zero-order valence-electron chi connectivity index (χ0n) is 12.7. The predicted molar refractivity (Wildman–Crippen MR) is 83.9 cm³/mol. The Labute approximate surface area is 133 Å². The Morgan fingerprint density at radius 2 is 2.00 bits per heavy atom. The number of carbonyl (C=O) groups is 2. The lowest BCUT2D eigenvalue weighted by Gasteiger charge is -2.17. The van der Waals surface area contributed by atoms with Crippen LogP contribution in [0.1, 0.15) is 21.5 Å². The summed E-state index contributed by atoms with van der Waals surface area (Å²) >= 11 is 0. The largest absolute Gasteiger partial charge is 0.465 e. The van der Waals surface area contributed by atoms with E-state index in [4.69, 9.17) is 4.74 Å². The molecule has 0 bridgehead atoms. The van der Waals surface area contributed by atoms with Crippen LogP contribution >= 0.6 is 0 Å². The number of ether oxygens (including phenoxy) is 1. The second kappa shape index (κ2) is 6.20. The second-order valence-electron chi connectivity index (χ2n) is 5.40. The molecule has 2 aromatic carbocycles. The molecule has 0 spiro atoms. The van der Waals surface area contributed by atoms with Gasteiger partial charge in [-0.25, -0.2) is 9.18 Å². The molecular weight excluding hydrogens is 297 g/mol. The van der Waals surface area contributed by atoms with E-state index in [0.29, 0.717) is 24.1 Å². The summed E-state index contributed by atoms with van der Waals surface area (Å²) in [5.41, 5.74) is 2.56. The minimum Gasteiger partial charge on any atom is -0.465 e. The molecule has 0 saturated heterocycles. The first-order chi connectivity index (χ1) is 11.1. The Morgan fingerprint density at radius 3 is 2.74 bits per heavy atom. The fourth-order valence-electron chi connectivity index (χ4n) is 2.81. The molecule has 1 amide bonds. The topological polar surface area (TPSA) is 46.6 Å². The Morgan fingerprint density at radius 1 is 1.22 bits per heavy atom. The van der Waals surface area contributed by atoms with Crippen molar-refractivity contribution < 1.29 is 18.7 Å². The van der Waals surface area contributed by atoms with Crippen LogP contribution in [0.25, 0.3) is 0 Å². The Bertz CT molecular complexity index is 773.